The van der Waals surface area contributed by atoms with Crippen molar-refractivity contribution in [2.45, 2.75) is 24.3 Å². The Balaban J connectivity index is 2.31. The van der Waals surface area contributed by atoms with Crippen LogP contribution in [0.1, 0.15) is 13.8 Å². The van der Waals surface area contributed by atoms with Crippen LogP contribution in [-0.4, -0.2) is 43.0 Å². The predicted octanol–water partition coefficient (Wildman–Crippen LogP) is 1.53. The standard InChI is InChI=1S/C11H15ClN2O3S/c1-11(2)8-14(5-6-17-11)18(15,16)9-3-4-13-10(12)7-9/h3-4,7H,5-6,8H2,1-2H3. The first-order valence-electron chi connectivity index (χ1n) is 5.57. The average Bonchev–Trinajstić information content (AvgIpc) is 2.27. The van der Waals surface area contributed by atoms with E-state index in [9.17, 15) is 8.42 Å². The second-order valence-electron chi connectivity index (χ2n) is 4.76. The number of aromatic nitrogens is 1. The SMILES string of the molecule is CC1(C)CN(S(=O)(=O)c2ccnc(Cl)c2)CCO1. The number of ether oxygens (including phenoxy) is 1. The van der Waals surface area contributed by atoms with Gasteiger partial charge in [-0.1, -0.05) is 11.6 Å². The van der Waals surface area contributed by atoms with E-state index in [1.54, 1.807) is 0 Å². The fraction of sp³-hybridized carbons (Fsp3) is 0.545. The normalized spacial score (nSPS) is 20.8. The van der Waals surface area contributed by atoms with Crippen LogP contribution in [0.4, 0.5) is 0 Å². The molecule has 1 aromatic rings. The summed E-state index contributed by atoms with van der Waals surface area (Å²) in [6.07, 6.45) is 1.39. The van der Waals surface area contributed by atoms with Crippen molar-refractivity contribution < 1.29 is 13.2 Å². The number of hydrogen-bond donors (Lipinski definition) is 0. The Morgan fingerprint density at radius 3 is 2.83 bits per heavy atom. The molecule has 0 bridgehead atoms. The third-order valence-corrected chi connectivity index (χ3v) is 4.77. The van der Waals surface area contributed by atoms with E-state index in [2.05, 4.69) is 4.98 Å². The van der Waals surface area contributed by atoms with Gasteiger partial charge in [0, 0.05) is 19.3 Å². The fourth-order valence-electron chi connectivity index (χ4n) is 1.87. The van der Waals surface area contributed by atoms with Crippen LogP contribution < -0.4 is 0 Å². The van der Waals surface area contributed by atoms with E-state index in [0.717, 1.165) is 0 Å². The molecule has 100 valence electrons. The topological polar surface area (TPSA) is 59.5 Å². The zero-order valence-corrected chi connectivity index (χ0v) is 11.8. The van der Waals surface area contributed by atoms with E-state index in [-0.39, 0.29) is 10.0 Å². The van der Waals surface area contributed by atoms with E-state index in [1.165, 1.54) is 22.6 Å². The van der Waals surface area contributed by atoms with Gasteiger partial charge >= 0.3 is 0 Å². The summed E-state index contributed by atoms with van der Waals surface area (Å²) >= 11 is 5.73. The van der Waals surface area contributed by atoms with E-state index >= 15 is 0 Å². The van der Waals surface area contributed by atoms with E-state index in [4.69, 9.17) is 16.3 Å². The van der Waals surface area contributed by atoms with Crippen LogP contribution in [0.5, 0.6) is 0 Å². The summed E-state index contributed by atoms with van der Waals surface area (Å²) in [5.74, 6) is 0. The predicted molar refractivity (Wildman–Crippen MR) is 68.0 cm³/mol. The molecular weight excluding hydrogens is 276 g/mol. The Morgan fingerprint density at radius 2 is 2.22 bits per heavy atom. The first kappa shape index (κ1) is 13.7. The zero-order chi connectivity index (χ0) is 13.4. The molecule has 18 heavy (non-hydrogen) atoms. The van der Waals surface area contributed by atoms with Crippen LogP contribution in [0.15, 0.2) is 23.2 Å². The van der Waals surface area contributed by atoms with Crippen molar-refractivity contribution in [2.75, 3.05) is 19.7 Å². The van der Waals surface area contributed by atoms with Crippen molar-refractivity contribution in [1.29, 1.82) is 0 Å². The van der Waals surface area contributed by atoms with Crippen LogP contribution in [-0.2, 0) is 14.8 Å². The molecule has 1 aliphatic heterocycles. The summed E-state index contributed by atoms with van der Waals surface area (Å²) in [5.41, 5.74) is -0.470. The molecule has 1 fully saturated rings. The lowest BCUT2D eigenvalue weighted by atomic mass is 10.1. The van der Waals surface area contributed by atoms with E-state index < -0.39 is 15.6 Å². The largest absolute Gasteiger partial charge is 0.373 e. The van der Waals surface area contributed by atoms with Crippen molar-refractivity contribution in [3.8, 4) is 0 Å². The van der Waals surface area contributed by atoms with E-state index in [0.29, 0.717) is 19.7 Å². The highest BCUT2D eigenvalue weighted by molar-refractivity contribution is 7.89. The minimum absolute atomic E-state index is 0.167. The zero-order valence-electron chi connectivity index (χ0n) is 10.3. The maximum atomic E-state index is 12.4. The number of halogens is 1. The van der Waals surface area contributed by atoms with Gasteiger partial charge in [0.25, 0.3) is 0 Å². The van der Waals surface area contributed by atoms with Crippen LogP contribution >= 0.6 is 11.6 Å². The first-order valence-corrected chi connectivity index (χ1v) is 7.39. The maximum Gasteiger partial charge on any atom is 0.243 e. The Morgan fingerprint density at radius 1 is 1.50 bits per heavy atom. The molecule has 0 saturated carbocycles. The number of pyridine rings is 1. The summed E-state index contributed by atoms with van der Waals surface area (Å²) in [5, 5.41) is 0.170. The van der Waals surface area contributed by atoms with Gasteiger partial charge in [-0.25, -0.2) is 13.4 Å². The molecule has 0 radical (unpaired) electrons. The molecule has 0 spiro atoms. The lowest BCUT2D eigenvalue weighted by Gasteiger charge is -2.37. The molecule has 1 saturated heterocycles. The molecule has 5 nitrogen and oxygen atoms in total. The van der Waals surface area contributed by atoms with Crippen molar-refractivity contribution in [3.63, 3.8) is 0 Å². The van der Waals surface area contributed by atoms with Gasteiger partial charge in [0.2, 0.25) is 10.0 Å². The number of sulfonamides is 1. The summed E-state index contributed by atoms with van der Waals surface area (Å²) in [4.78, 5) is 3.95. The Hall–Kier alpha value is -0.690. The van der Waals surface area contributed by atoms with E-state index in [1.807, 2.05) is 13.8 Å². The van der Waals surface area contributed by atoms with Gasteiger partial charge in [0.1, 0.15) is 5.15 Å². The summed E-state index contributed by atoms with van der Waals surface area (Å²) in [7, 11) is -3.53. The minimum Gasteiger partial charge on any atom is -0.373 e. The summed E-state index contributed by atoms with van der Waals surface area (Å²) in [6.45, 7) is 4.81. The molecule has 0 aliphatic carbocycles. The number of rotatable bonds is 2. The van der Waals surface area contributed by atoms with Crippen molar-refractivity contribution in [2.24, 2.45) is 0 Å². The highest BCUT2D eigenvalue weighted by Crippen LogP contribution is 2.24. The van der Waals surface area contributed by atoms with Crippen LogP contribution in [0.25, 0.3) is 0 Å². The monoisotopic (exact) mass is 290 g/mol. The van der Waals surface area contributed by atoms with Crippen LogP contribution in [0, 0.1) is 0 Å². The fourth-order valence-corrected chi connectivity index (χ4v) is 3.70. The second kappa shape index (κ2) is 4.77. The van der Waals surface area contributed by atoms with Gasteiger partial charge < -0.3 is 4.74 Å². The molecule has 0 unspecified atom stereocenters. The number of morpholine rings is 1. The number of nitrogens with zero attached hydrogens (tertiary/aromatic N) is 2. The third-order valence-electron chi connectivity index (χ3n) is 2.73. The Labute approximate surface area is 112 Å². The van der Waals surface area contributed by atoms with Crippen molar-refractivity contribution >= 4 is 21.6 Å². The Kier molecular flexibility index (Phi) is 3.64. The maximum absolute atomic E-state index is 12.4. The molecule has 2 heterocycles. The smallest absolute Gasteiger partial charge is 0.243 e. The quantitative estimate of drug-likeness (QED) is 0.775. The van der Waals surface area contributed by atoms with Gasteiger partial charge in [-0.2, -0.15) is 4.31 Å². The summed E-state index contributed by atoms with van der Waals surface area (Å²) < 4.78 is 31.7. The Bertz CT molecular complexity index is 545. The lowest BCUT2D eigenvalue weighted by Crippen LogP contribution is -2.50. The molecule has 1 aliphatic rings. The highest BCUT2D eigenvalue weighted by atomic mass is 35.5. The second-order valence-corrected chi connectivity index (χ2v) is 7.09. The van der Waals surface area contributed by atoms with Crippen LogP contribution in [0.3, 0.4) is 0 Å². The van der Waals surface area contributed by atoms with Crippen LogP contribution in [0.2, 0.25) is 5.15 Å². The van der Waals surface area contributed by atoms with Crippen molar-refractivity contribution in [3.05, 3.63) is 23.5 Å². The van der Waals surface area contributed by atoms with Gasteiger partial charge in [0.15, 0.2) is 0 Å². The molecule has 1 aromatic heterocycles. The molecule has 2 rings (SSSR count). The van der Waals surface area contributed by atoms with Gasteiger partial charge in [-0.15, -0.1) is 0 Å². The van der Waals surface area contributed by atoms with Gasteiger partial charge in [-0.3, -0.25) is 0 Å². The molecule has 7 heteroatoms. The number of hydrogen-bond acceptors (Lipinski definition) is 4. The molecule has 0 atom stereocenters. The average molecular weight is 291 g/mol. The highest BCUT2D eigenvalue weighted by Gasteiger charge is 2.34. The first-order chi connectivity index (χ1) is 8.31. The molecular formula is C11H15ClN2O3S. The third kappa shape index (κ3) is 2.83. The summed E-state index contributed by atoms with van der Waals surface area (Å²) in [6, 6.07) is 2.81. The minimum atomic E-state index is -3.53. The molecule has 0 amide bonds. The van der Waals surface area contributed by atoms with Gasteiger partial charge in [-0.05, 0) is 26.0 Å². The van der Waals surface area contributed by atoms with Gasteiger partial charge in [0.05, 0.1) is 17.1 Å². The molecule has 0 aromatic carbocycles. The molecule has 0 N–H and O–H groups in total. The van der Waals surface area contributed by atoms with Crippen molar-refractivity contribution in [1.82, 2.24) is 9.29 Å². The lowest BCUT2D eigenvalue weighted by molar-refractivity contribution is -0.0640.